The van der Waals surface area contributed by atoms with Gasteiger partial charge in [-0.15, -0.1) is 0 Å². The van der Waals surface area contributed by atoms with Gasteiger partial charge in [0.05, 0.1) is 13.2 Å². The first-order valence-electron chi connectivity index (χ1n) is 8.03. The Kier molecular flexibility index (Phi) is 10.6. The molecule has 0 aliphatic rings. The number of hydrogen-bond donors (Lipinski definition) is 1. The highest BCUT2D eigenvalue weighted by molar-refractivity contribution is 5.80. The first-order chi connectivity index (χ1) is 9.89. The lowest BCUT2D eigenvalue weighted by atomic mass is 9.97. The number of carbonyl (C=O) groups excluding carboxylic acids is 1. The van der Waals surface area contributed by atoms with Crippen LogP contribution in [-0.2, 0) is 14.3 Å². The SMILES string of the molecule is CCNC(C)(CCN(CCOC)CC(C)C)C(=O)OCC. The van der Waals surface area contributed by atoms with Gasteiger partial charge >= 0.3 is 5.97 Å². The number of carbonyl (C=O) groups is 1. The third kappa shape index (κ3) is 8.39. The van der Waals surface area contributed by atoms with Gasteiger partial charge in [0.1, 0.15) is 5.54 Å². The van der Waals surface area contributed by atoms with E-state index < -0.39 is 5.54 Å². The molecule has 126 valence electrons. The first-order valence-corrected chi connectivity index (χ1v) is 8.03. The summed E-state index contributed by atoms with van der Waals surface area (Å²) in [4.78, 5) is 14.5. The molecular formula is C16H34N2O3. The van der Waals surface area contributed by atoms with E-state index in [1.54, 1.807) is 7.11 Å². The van der Waals surface area contributed by atoms with Crippen molar-refractivity contribution in [1.82, 2.24) is 10.2 Å². The molecule has 0 spiro atoms. The van der Waals surface area contributed by atoms with Crippen molar-refractivity contribution < 1.29 is 14.3 Å². The topological polar surface area (TPSA) is 50.8 Å². The lowest BCUT2D eigenvalue weighted by Crippen LogP contribution is -2.52. The Balaban J connectivity index is 4.62. The van der Waals surface area contributed by atoms with Gasteiger partial charge in [0.2, 0.25) is 0 Å². The predicted octanol–water partition coefficient (Wildman–Crippen LogP) is 1.91. The van der Waals surface area contributed by atoms with Crippen LogP contribution in [0.5, 0.6) is 0 Å². The Morgan fingerprint density at radius 1 is 1.29 bits per heavy atom. The smallest absolute Gasteiger partial charge is 0.326 e. The number of likely N-dealkylation sites (N-methyl/N-ethyl adjacent to an activating group) is 1. The summed E-state index contributed by atoms with van der Waals surface area (Å²) in [5.74, 6) is 0.429. The van der Waals surface area contributed by atoms with E-state index in [1.165, 1.54) is 0 Å². The maximum atomic E-state index is 12.2. The molecule has 5 heteroatoms. The van der Waals surface area contributed by atoms with E-state index in [0.717, 1.165) is 32.6 Å². The van der Waals surface area contributed by atoms with Crippen LogP contribution in [-0.4, -0.2) is 62.9 Å². The molecule has 0 amide bonds. The minimum atomic E-state index is -0.618. The van der Waals surface area contributed by atoms with E-state index in [1.807, 2.05) is 20.8 Å². The lowest BCUT2D eigenvalue weighted by Gasteiger charge is -2.32. The van der Waals surface area contributed by atoms with Gasteiger partial charge in [-0.05, 0) is 32.7 Å². The van der Waals surface area contributed by atoms with E-state index in [2.05, 4.69) is 24.1 Å². The number of esters is 1. The monoisotopic (exact) mass is 302 g/mol. The zero-order valence-corrected chi connectivity index (χ0v) is 14.7. The van der Waals surface area contributed by atoms with Gasteiger partial charge in [0, 0.05) is 26.7 Å². The van der Waals surface area contributed by atoms with Crippen LogP contribution in [0.15, 0.2) is 0 Å². The fourth-order valence-corrected chi connectivity index (χ4v) is 2.36. The molecule has 0 aromatic heterocycles. The van der Waals surface area contributed by atoms with Gasteiger partial charge < -0.3 is 19.7 Å². The number of hydrogen-bond acceptors (Lipinski definition) is 5. The van der Waals surface area contributed by atoms with Gasteiger partial charge in [-0.2, -0.15) is 0 Å². The van der Waals surface area contributed by atoms with E-state index >= 15 is 0 Å². The normalized spacial score (nSPS) is 14.5. The molecule has 0 rings (SSSR count). The van der Waals surface area contributed by atoms with Crippen molar-refractivity contribution in [2.75, 3.05) is 46.5 Å². The van der Waals surface area contributed by atoms with Crippen molar-refractivity contribution in [1.29, 1.82) is 0 Å². The second kappa shape index (κ2) is 11.0. The third-order valence-corrected chi connectivity index (χ3v) is 3.46. The molecule has 5 nitrogen and oxygen atoms in total. The molecule has 0 aromatic rings. The Labute approximate surface area is 130 Å². The molecule has 0 fully saturated rings. The lowest BCUT2D eigenvalue weighted by molar-refractivity contribution is -0.151. The Morgan fingerprint density at radius 2 is 1.95 bits per heavy atom. The zero-order chi connectivity index (χ0) is 16.3. The molecule has 1 unspecified atom stereocenters. The Bertz CT molecular complexity index is 285. The average Bonchev–Trinajstić information content (AvgIpc) is 2.42. The zero-order valence-electron chi connectivity index (χ0n) is 14.7. The number of methoxy groups -OCH3 is 1. The predicted molar refractivity (Wildman–Crippen MR) is 86.5 cm³/mol. The van der Waals surface area contributed by atoms with Crippen LogP contribution in [0.4, 0.5) is 0 Å². The molecule has 1 N–H and O–H groups in total. The second-order valence-electron chi connectivity index (χ2n) is 6.02. The third-order valence-electron chi connectivity index (χ3n) is 3.46. The minimum Gasteiger partial charge on any atom is -0.465 e. The van der Waals surface area contributed by atoms with Crippen molar-refractivity contribution in [3.63, 3.8) is 0 Å². The summed E-state index contributed by atoms with van der Waals surface area (Å²) >= 11 is 0. The summed E-state index contributed by atoms with van der Waals surface area (Å²) in [7, 11) is 1.72. The van der Waals surface area contributed by atoms with Crippen LogP contribution in [0.1, 0.15) is 41.0 Å². The highest BCUT2D eigenvalue weighted by atomic mass is 16.5. The van der Waals surface area contributed by atoms with Gasteiger partial charge in [0.25, 0.3) is 0 Å². The van der Waals surface area contributed by atoms with Crippen LogP contribution in [0.3, 0.4) is 0 Å². The van der Waals surface area contributed by atoms with Gasteiger partial charge in [0.15, 0.2) is 0 Å². The van der Waals surface area contributed by atoms with Crippen LogP contribution in [0.2, 0.25) is 0 Å². The molecule has 0 bridgehead atoms. The van der Waals surface area contributed by atoms with Crippen molar-refractivity contribution in [3.05, 3.63) is 0 Å². The quantitative estimate of drug-likeness (QED) is 0.558. The van der Waals surface area contributed by atoms with E-state index in [4.69, 9.17) is 9.47 Å². The van der Waals surface area contributed by atoms with Crippen molar-refractivity contribution in [2.45, 2.75) is 46.6 Å². The van der Waals surface area contributed by atoms with Crippen molar-refractivity contribution in [2.24, 2.45) is 5.92 Å². The molecule has 1 atom stereocenters. The fourth-order valence-electron chi connectivity index (χ4n) is 2.36. The maximum Gasteiger partial charge on any atom is 0.326 e. The molecular weight excluding hydrogens is 268 g/mol. The Hall–Kier alpha value is -0.650. The van der Waals surface area contributed by atoms with E-state index in [0.29, 0.717) is 19.1 Å². The van der Waals surface area contributed by atoms with Crippen molar-refractivity contribution in [3.8, 4) is 0 Å². The second-order valence-corrected chi connectivity index (χ2v) is 6.02. The Morgan fingerprint density at radius 3 is 2.43 bits per heavy atom. The number of nitrogens with zero attached hydrogens (tertiary/aromatic N) is 1. The molecule has 21 heavy (non-hydrogen) atoms. The summed E-state index contributed by atoms with van der Waals surface area (Å²) in [6, 6.07) is 0. The first kappa shape index (κ1) is 20.3. The summed E-state index contributed by atoms with van der Waals surface area (Å²) in [6.45, 7) is 14.8. The van der Waals surface area contributed by atoms with Crippen LogP contribution in [0.25, 0.3) is 0 Å². The van der Waals surface area contributed by atoms with E-state index in [9.17, 15) is 4.79 Å². The molecule has 0 aliphatic carbocycles. The minimum absolute atomic E-state index is 0.164. The standard InChI is InChI=1S/C16H34N2O3/c1-7-17-16(5,15(19)21-8-2)9-10-18(11-12-20-6)13-14(3)4/h14,17H,7-13H2,1-6H3. The highest BCUT2D eigenvalue weighted by Crippen LogP contribution is 2.14. The fraction of sp³-hybridized carbons (Fsp3) is 0.938. The maximum absolute atomic E-state index is 12.2. The molecule has 0 aliphatic heterocycles. The molecule has 0 radical (unpaired) electrons. The van der Waals surface area contributed by atoms with Gasteiger partial charge in [-0.3, -0.25) is 4.79 Å². The van der Waals surface area contributed by atoms with Crippen LogP contribution in [0, 0.1) is 5.92 Å². The van der Waals surface area contributed by atoms with Gasteiger partial charge in [-0.1, -0.05) is 20.8 Å². The molecule has 0 aromatic carbocycles. The van der Waals surface area contributed by atoms with Crippen LogP contribution >= 0.6 is 0 Å². The summed E-state index contributed by atoms with van der Waals surface area (Å²) in [6.07, 6.45) is 0.732. The largest absolute Gasteiger partial charge is 0.465 e. The summed E-state index contributed by atoms with van der Waals surface area (Å²) in [5, 5.41) is 3.28. The molecule has 0 heterocycles. The highest BCUT2D eigenvalue weighted by Gasteiger charge is 2.33. The van der Waals surface area contributed by atoms with Crippen LogP contribution < -0.4 is 5.32 Å². The summed E-state index contributed by atoms with van der Waals surface area (Å²) < 4.78 is 10.4. The summed E-state index contributed by atoms with van der Waals surface area (Å²) in [5.41, 5.74) is -0.618. The van der Waals surface area contributed by atoms with Gasteiger partial charge in [-0.25, -0.2) is 0 Å². The number of rotatable bonds is 12. The number of nitrogens with one attached hydrogen (secondary N) is 1. The average molecular weight is 302 g/mol. The molecule has 0 saturated carbocycles. The van der Waals surface area contributed by atoms with Crippen molar-refractivity contribution >= 4 is 5.97 Å². The van der Waals surface area contributed by atoms with E-state index in [-0.39, 0.29) is 5.97 Å². The molecule has 0 saturated heterocycles. The number of ether oxygens (including phenoxy) is 2.